The van der Waals surface area contributed by atoms with E-state index >= 15 is 0 Å². The monoisotopic (exact) mass is 168 g/mol. The van der Waals surface area contributed by atoms with Gasteiger partial charge in [0.2, 0.25) is 0 Å². The van der Waals surface area contributed by atoms with Crippen molar-refractivity contribution in [2.75, 3.05) is 6.61 Å². The zero-order chi connectivity index (χ0) is 9.30. The second-order valence-corrected chi connectivity index (χ2v) is 4.00. The third-order valence-electron chi connectivity index (χ3n) is 2.85. The van der Waals surface area contributed by atoms with E-state index in [0.29, 0.717) is 17.8 Å². The van der Waals surface area contributed by atoms with E-state index in [0.717, 1.165) is 0 Å². The van der Waals surface area contributed by atoms with Crippen molar-refractivity contribution in [3.63, 3.8) is 0 Å². The van der Waals surface area contributed by atoms with Crippen LogP contribution in [0.1, 0.15) is 20.8 Å². The molecule has 2 radical (unpaired) electrons. The summed E-state index contributed by atoms with van der Waals surface area (Å²) in [5, 5.41) is 8.97. The van der Waals surface area contributed by atoms with Crippen molar-refractivity contribution in [1.82, 2.24) is 0 Å². The van der Waals surface area contributed by atoms with Gasteiger partial charge >= 0.3 is 0 Å². The highest BCUT2D eigenvalue weighted by atomic mass is 16.5. The predicted octanol–water partition coefficient (Wildman–Crippen LogP) is 0.780. The van der Waals surface area contributed by atoms with Crippen LogP contribution in [0.15, 0.2) is 0 Å². The number of hydrogen-bond donors (Lipinski definition) is 1. The summed E-state index contributed by atoms with van der Waals surface area (Å²) >= 11 is 0. The molecule has 0 spiro atoms. The molecule has 0 aromatic rings. The van der Waals surface area contributed by atoms with Crippen molar-refractivity contribution in [3.05, 3.63) is 0 Å². The Labute approximate surface area is 75.7 Å². The molecule has 0 aliphatic carbocycles. The van der Waals surface area contributed by atoms with Gasteiger partial charge in [0, 0.05) is 6.00 Å². The molecular weight excluding hydrogens is 151 g/mol. The van der Waals surface area contributed by atoms with Gasteiger partial charge in [-0.25, -0.2) is 0 Å². The summed E-state index contributed by atoms with van der Waals surface area (Å²) in [5.41, 5.74) is 0. The van der Waals surface area contributed by atoms with Gasteiger partial charge in [-0.05, 0) is 17.8 Å². The van der Waals surface area contributed by atoms with Crippen LogP contribution in [0.4, 0.5) is 0 Å². The Morgan fingerprint density at radius 2 is 2.08 bits per heavy atom. The van der Waals surface area contributed by atoms with Crippen LogP contribution < -0.4 is 0 Å². The van der Waals surface area contributed by atoms with Crippen molar-refractivity contribution in [2.45, 2.75) is 32.9 Å². The summed E-state index contributed by atoms with van der Waals surface area (Å²) in [7, 11) is 5.80. The lowest BCUT2D eigenvalue weighted by Crippen LogP contribution is -2.25. The van der Waals surface area contributed by atoms with Crippen LogP contribution in [-0.4, -0.2) is 31.7 Å². The second-order valence-electron chi connectivity index (χ2n) is 4.00. The fourth-order valence-electron chi connectivity index (χ4n) is 2.16. The third-order valence-corrected chi connectivity index (χ3v) is 2.85. The summed E-state index contributed by atoms with van der Waals surface area (Å²) in [5.74, 6) is 1.26. The summed E-state index contributed by atoms with van der Waals surface area (Å²) < 4.78 is 5.42. The average Bonchev–Trinajstić information content (AvgIpc) is 2.25. The van der Waals surface area contributed by atoms with Gasteiger partial charge in [0.1, 0.15) is 7.85 Å². The van der Waals surface area contributed by atoms with Crippen LogP contribution in [0.3, 0.4) is 0 Å². The molecule has 0 saturated carbocycles. The van der Waals surface area contributed by atoms with Crippen LogP contribution >= 0.6 is 0 Å². The van der Waals surface area contributed by atoms with Gasteiger partial charge in [-0.1, -0.05) is 20.8 Å². The lowest BCUT2D eigenvalue weighted by atomic mass is 9.74. The molecule has 1 heterocycles. The SMILES string of the molecule is [B]C1OC(CO)C(C)C1C(C)C. The summed E-state index contributed by atoms with van der Waals surface area (Å²) in [6.07, 6.45) is -0.0626. The highest BCUT2D eigenvalue weighted by molar-refractivity contribution is 6.11. The molecular formula is C9H17BO2. The fourth-order valence-corrected chi connectivity index (χ4v) is 2.16. The van der Waals surface area contributed by atoms with E-state index in [4.69, 9.17) is 17.7 Å². The zero-order valence-electron chi connectivity index (χ0n) is 8.03. The lowest BCUT2D eigenvalue weighted by molar-refractivity contribution is 0.0279. The Morgan fingerprint density at radius 1 is 1.50 bits per heavy atom. The van der Waals surface area contributed by atoms with Gasteiger partial charge in [-0.2, -0.15) is 0 Å². The van der Waals surface area contributed by atoms with Gasteiger partial charge in [-0.15, -0.1) is 0 Å². The van der Waals surface area contributed by atoms with Crippen molar-refractivity contribution >= 4 is 7.85 Å². The number of rotatable bonds is 2. The third kappa shape index (κ3) is 1.67. The maximum Gasteiger partial charge on any atom is 0.109 e. The van der Waals surface area contributed by atoms with Gasteiger partial charge in [0.15, 0.2) is 0 Å². The minimum atomic E-state index is -0.197. The van der Waals surface area contributed by atoms with E-state index in [1.165, 1.54) is 0 Å². The maximum absolute atomic E-state index is 8.97. The normalized spacial score (nSPS) is 42.4. The van der Waals surface area contributed by atoms with Gasteiger partial charge in [0.05, 0.1) is 12.7 Å². The summed E-state index contributed by atoms with van der Waals surface area (Å²) in [6.45, 7) is 6.46. The molecule has 0 aromatic carbocycles. The predicted molar refractivity (Wildman–Crippen MR) is 49.0 cm³/mol. The molecule has 2 nitrogen and oxygen atoms in total. The van der Waals surface area contributed by atoms with Crippen LogP contribution in [-0.2, 0) is 4.74 Å². The molecule has 68 valence electrons. The fraction of sp³-hybridized carbons (Fsp3) is 1.00. The van der Waals surface area contributed by atoms with E-state index in [-0.39, 0.29) is 18.7 Å². The van der Waals surface area contributed by atoms with Crippen LogP contribution in [0.2, 0.25) is 0 Å². The first-order chi connectivity index (χ1) is 5.57. The lowest BCUT2D eigenvalue weighted by Gasteiger charge is -2.22. The molecule has 3 heteroatoms. The molecule has 1 fully saturated rings. The Bertz CT molecular complexity index is 149. The molecule has 4 unspecified atom stereocenters. The molecule has 1 aliphatic rings. The molecule has 1 N–H and O–H groups in total. The first kappa shape index (κ1) is 10.1. The Balaban J connectivity index is 2.63. The van der Waals surface area contributed by atoms with Crippen molar-refractivity contribution in [2.24, 2.45) is 17.8 Å². The van der Waals surface area contributed by atoms with Crippen molar-refractivity contribution < 1.29 is 9.84 Å². The van der Waals surface area contributed by atoms with Crippen molar-refractivity contribution in [3.8, 4) is 0 Å². The van der Waals surface area contributed by atoms with Gasteiger partial charge in [0.25, 0.3) is 0 Å². The minimum absolute atomic E-state index is 0.0626. The van der Waals surface area contributed by atoms with E-state index in [1.807, 2.05) is 0 Å². The highest BCUT2D eigenvalue weighted by Gasteiger charge is 2.39. The van der Waals surface area contributed by atoms with E-state index in [2.05, 4.69) is 20.8 Å². The van der Waals surface area contributed by atoms with Crippen LogP contribution in [0, 0.1) is 17.8 Å². The largest absolute Gasteiger partial charge is 0.394 e. The summed E-state index contributed by atoms with van der Waals surface area (Å²) in [6, 6.07) is -0.197. The van der Waals surface area contributed by atoms with E-state index < -0.39 is 0 Å². The van der Waals surface area contributed by atoms with E-state index in [1.54, 1.807) is 0 Å². The molecule has 1 aliphatic heterocycles. The molecule has 0 aromatic heterocycles. The molecule has 4 atom stereocenters. The van der Waals surface area contributed by atoms with Crippen LogP contribution in [0.25, 0.3) is 0 Å². The molecule has 1 saturated heterocycles. The maximum atomic E-state index is 8.97. The smallest absolute Gasteiger partial charge is 0.109 e. The highest BCUT2D eigenvalue weighted by Crippen LogP contribution is 2.35. The zero-order valence-corrected chi connectivity index (χ0v) is 8.03. The number of hydrogen-bond acceptors (Lipinski definition) is 2. The standard InChI is InChI=1S/C9H17BO2/c1-5(2)8-6(3)7(4-11)12-9(8)10/h5-9,11H,4H2,1-3H3. The van der Waals surface area contributed by atoms with Gasteiger partial charge < -0.3 is 9.84 Å². The van der Waals surface area contributed by atoms with E-state index in [9.17, 15) is 0 Å². The number of aliphatic hydroxyl groups excluding tert-OH is 1. The molecule has 1 rings (SSSR count). The second kappa shape index (κ2) is 3.80. The quantitative estimate of drug-likeness (QED) is 0.617. The Hall–Kier alpha value is -0.0151. The number of aliphatic hydroxyl groups is 1. The minimum Gasteiger partial charge on any atom is -0.394 e. The first-order valence-corrected chi connectivity index (χ1v) is 4.59. The topological polar surface area (TPSA) is 29.5 Å². The van der Waals surface area contributed by atoms with Gasteiger partial charge in [-0.3, -0.25) is 0 Å². The van der Waals surface area contributed by atoms with Crippen molar-refractivity contribution in [1.29, 1.82) is 0 Å². The summed E-state index contributed by atoms with van der Waals surface area (Å²) in [4.78, 5) is 0. The average molecular weight is 168 g/mol. The molecule has 12 heavy (non-hydrogen) atoms. The Morgan fingerprint density at radius 3 is 2.33 bits per heavy atom. The molecule has 0 bridgehead atoms. The molecule has 0 amide bonds. The first-order valence-electron chi connectivity index (χ1n) is 4.59. The Kier molecular flexibility index (Phi) is 3.19. The number of ether oxygens (including phenoxy) is 1. The van der Waals surface area contributed by atoms with Crippen LogP contribution in [0.5, 0.6) is 0 Å².